The SMILES string of the molecule is CC1CC(N[C@@H](C)c2cccnc2)CN1C. The molecule has 1 aliphatic rings. The van der Waals surface area contributed by atoms with Crippen molar-refractivity contribution in [1.29, 1.82) is 0 Å². The molecule has 1 aromatic rings. The lowest BCUT2D eigenvalue weighted by Gasteiger charge is -2.19. The van der Waals surface area contributed by atoms with E-state index in [1.54, 1.807) is 0 Å². The van der Waals surface area contributed by atoms with Crippen LogP contribution in [0.15, 0.2) is 24.5 Å². The number of likely N-dealkylation sites (tertiary alicyclic amines) is 1. The molecular weight excluding hydrogens is 198 g/mol. The van der Waals surface area contributed by atoms with Crippen LogP contribution in [0.5, 0.6) is 0 Å². The Balaban J connectivity index is 1.91. The van der Waals surface area contributed by atoms with Gasteiger partial charge in [0, 0.05) is 37.1 Å². The van der Waals surface area contributed by atoms with Crippen molar-refractivity contribution in [1.82, 2.24) is 15.2 Å². The van der Waals surface area contributed by atoms with Gasteiger partial charge in [0.05, 0.1) is 0 Å². The minimum Gasteiger partial charge on any atom is -0.306 e. The number of likely N-dealkylation sites (N-methyl/N-ethyl adjacent to an activating group) is 1. The quantitative estimate of drug-likeness (QED) is 0.840. The lowest BCUT2D eigenvalue weighted by molar-refractivity contribution is 0.325. The number of nitrogens with one attached hydrogen (secondary N) is 1. The van der Waals surface area contributed by atoms with Crippen molar-refractivity contribution in [2.75, 3.05) is 13.6 Å². The van der Waals surface area contributed by atoms with Crippen molar-refractivity contribution in [2.24, 2.45) is 0 Å². The van der Waals surface area contributed by atoms with Crippen molar-refractivity contribution in [3.8, 4) is 0 Å². The molecule has 1 aliphatic heterocycles. The Morgan fingerprint density at radius 3 is 2.94 bits per heavy atom. The third-order valence-corrected chi connectivity index (χ3v) is 3.56. The van der Waals surface area contributed by atoms with E-state index in [1.807, 2.05) is 18.5 Å². The van der Waals surface area contributed by atoms with Crippen LogP contribution in [0.1, 0.15) is 31.9 Å². The molecule has 0 radical (unpaired) electrons. The number of aromatic nitrogens is 1. The average molecular weight is 219 g/mol. The predicted molar refractivity (Wildman–Crippen MR) is 66.3 cm³/mol. The van der Waals surface area contributed by atoms with Crippen LogP contribution >= 0.6 is 0 Å². The van der Waals surface area contributed by atoms with E-state index in [4.69, 9.17) is 0 Å². The highest BCUT2D eigenvalue weighted by molar-refractivity contribution is 5.13. The van der Waals surface area contributed by atoms with Gasteiger partial charge in [0.1, 0.15) is 0 Å². The standard InChI is InChI=1S/C13H21N3/c1-10-7-13(9-16(10)3)15-11(2)12-5-4-6-14-8-12/h4-6,8,10-11,13,15H,7,9H2,1-3H3/t10?,11-,13?/m0/s1. The Labute approximate surface area is 97.9 Å². The summed E-state index contributed by atoms with van der Waals surface area (Å²) < 4.78 is 0. The zero-order chi connectivity index (χ0) is 11.5. The number of nitrogens with zero attached hydrogens (tertiary/aromatic N) is 2. The molecule has 2 unspecified atom stereocenters. The lowest BCUT2D eigenvalue weighted by Crippen LogP contribution is -2.33. The molecule has 2 heterocycles. The summed E-state index contributed by atoms with van der Waals surface area (Å²) in [5.41, 5.74) is 1.27. The van der Waals surface area contributed by atoms with E-state index in [2.05, 4.69) is 42.2 Å². The maximum atomic E-state index is 4.16. The number of rotatable bonds is 3. The molecular formula is C13H21N3. The summed E-state index contributed by atoms with van der Waals surface area (Å²) in [6, 6.07) is 5.81. The van der Waals surface area contributed by atoms with Crippen molar-refractivity contribution in [3.05, 3.63) is 30.1 Å². The summed E-state index contributed by atoms with van der Waals surface area (Å²) in [6.45, 7) is 5.64. The van der Waals surface area contributed by atoms with Crippen LogP contribution in [0, 0.1) is 0 Å². The topological polar surface area (TPSA) is 28.2 Å². The first-order valence-corrected chi connectivity index (χ1v) is 6.03. The molecule has 0 aromatic carbocycles. The molecule has 16 heavy (non-hydrogen) atoms. The van der Waals surface area contributed by atoms with Crippen LogP contribution < -0.4 is 5.32 Å². The van der Waals surface area contributed by atoms with Gasteiger partial charge in [-0.2, -0.15) is 0 Å². The molecule has 88 valence electrons. The molecule has 3 heteroatoms. The largest absolute Gasteiger partial charge is 0.306 e. The zero-order valence-electron chi connectivity index (χ0n) is 10.4. The van der Waals surface area contributed by atoms with Crippen LogP contribution in [0.25, 0.3) is 0 Å². The van der Waals surface area contributed by atoms with Crippen molar-refractivity contribution < 1.29 is 0 Å². The van der Waals surface area contributed by atoms with Crippen LogP contribution in [0.3, 0.4) is 0 Å². The Hall–Kier alpha value is -0.930. The monoisotopic (exact) mass is 219 g/mol. The molecule has 1 N–H and O–H groups in total. The van der Waals surface area contributed by atoms with Crippen LogP contribution in [-0.2, 0) is 0 Å². The Morgan fingerprint density at radius 2 is 2.38 bits per heavy atom. The van der Waals surface area contributed by atoms with Crippen LogP contribution in [-0.4, -0.2) is 35.6 Å². The van der Waals surface area contributed by atoms with Gasteiger partial charge in [0.15, 0.2) is 0 Å². The second kappa shape index (κ2) is 4.93. The highest BCUT2D eigenvalue weighted by atomic mass is 15.2. The zero-order valence-corrected chi connectivity index (χ0v) is 10.4. The van der Waals surface area contributed by atoms with E-state index in [9.17, 15) is 0 Å². The van der Waals surface area contributed by atoms with Crippen LogP contribution in [0.4, 0.5) is 0 Å². The molecule has 3 atom stereocenters. The van der Waals surface area contributed by atoms with Crippen molar-refractivity contribution in [3.63, 3.8) is 0 Å². The summed E-state index contributed by atoms with van der Waals surface area (Å²) in [5, 5.41) is 3.67. The van der Waals surface area contributed by atoms with E-state index in [-0.39, 0.29) is 0 Å². The van der Waals surface area contributed by atoms with Crippen molar-refractivity contribution in [2.45, 2.75) is 38.4 Å². The van der Waals surface area contributed by atoms with Gasteiger partial charge >= 0.3 is 0 Å². The summed E-state index contributed by atoms with van der Waals surface area (Å²) in [6.07, 6.45) is 5.00. The maximum absolute atomic E-state index is 4.16. The van der Waals surface area contributed by atoms with Crippen molar-refractivity contribution >= 4 is 0 Å². The predicted octanol–water partition coefficient (Wildman–Crippen LogP) is 1.82. The third kappa shape index (κ3) is 2.60. The second-order valence-electron chi connectivity index (χ2n) is 4.90. The number of hydrogen-bond donors (Lipinski definition) is 1. The fourth-order valence-corrected chi connectivity index (χ4v) is 2.40. The van der Waals surface area contributed by atoms with E-state index in [0.29, 0.717) is 18.1 Å². The lowest BCUT2D eigenvalue weighted by atomic mass is 10.1. The molecule has 1 fully saturated rings. The van der Waals surface area contributed by atoms with Crippen LogP contribution in [0.2, 0.25) is 0 Å². The molecule has 0 saturated carbocycles. The summed E-state index contributed by atoms with van der Waals surface area (Å²) in [5.74, 6) is 0. The van der Waals surface area contributed by atoms with Gasteiger partial charge in [-0.25, -0.2) is 0 Å². The van der Waals surface area contributed by atoms with Gasteiger partial charge in [-0.1, -0.05) is 6.07 Å². The van der Waals surface area contributed by atoms with E-state index in [0.717, 1.165) is 6.54 Å². The first-order chi connectivity index (χ1) is 7.66. The Kier molecular flexibility index (Phi) is 3.56. The smallest absolute Gasteiger partial charge is 0.0315 e. The van der Waals surface area contributed by atoms with Gasteiger partial charge < -0.3 is 10.2 Å². The number of hydrogen-bond acceptors (Lipinski definition) is 3. The number of pyridine rings is 1. The van der Waals surface area contributed by atoms with Gasteiger partial charge in [-0.3, -0.25) is 4.98 Å². The average Bonchev–Trinajstić information content (AvgIpc) is 2.59. The van der Waals surface area contributed by atoms with E-state index in [1.165, 1.54) is 12.0 Å². The first kappa shape index (κ1) is 11.6. The molecule has 0 amide bonds. The van der Waals surface area contributed by atoms with E-state index < -0.39 is 0 Å². The first-order valence-electron chi connectivity index (χ1n) is 6.03. The fraction of sp³-hybridized carbons (Fsp3) is 0.615. The minimum atomic E-state index is 0.386. The summed E-state index contributed by atoms with van der Waals surface area (Å²) in [4.78, 5) is 6.57. The molecule has 2 rings (SSSR count). The van der Waals surface area contributed by atoms with Gasteiger partial charge in [0.2, 0.25) is 0 Å². The fourth-order valence-electron chi connectivity index (χ4n) is 2.40. The molecule has 1 aromatic heterocycles. The normalized spacial score (nSPS) is 28.2. The second-order valence-corrected chi connectivity index (χ2v) is 4.90. The highest BCUT2D eigenvalue weighted by Gasteiger charge is 2.26. The summed E-state index contributed by atoms with van der Waals surface area (Å²) in [7, 11) is 2.20. The minimum absolute atomic E-state index is 0.386. The van der Waals surface area contributed by atoms with Gasteiger partial charge in [-0.15, -0.1) is 0 Å². The molecule has 1 saturated heterocycles. The molecule has 0 spiro atoms. The van der Waals surface area contributed by atoms with E-state index >= 15 is 0 Å². The Bertz CT molecular complexity index is 315. The Morgan fingerprint density at radius 1 is 1.56 bits per heavy atom. The molecule has 0 aliphatic carbocycles. The highest BCUT2D eigenvalue weighted by Crippen LogP contribution is 2.19. The molecule has 0 bridgehead atoms. The third-order valence-electron chi connectivity index (χ3n) is 3.56. The maximum Gasteiger partial charge on any atom is 0.0315 e. The van der Waals surface area contributed by atoms with Gasteiger partial charge in [-0.05, 0) is 38.9 Å². The van der Waals surface area contributed by atoms with Gasteiger partial charge in [0.25, 0.3) is 0 Å². The summed E-state index contributed by atoms with van der Waals surface area (Å²) >= 11 is 0. The molecule has 3 nitrogen and oxygen atoms in total.